The van der Waals surface area contributed by atoms with Gasteiger partial charge in [0, 0.05) is 10.8 Å². The molecule has 0 radical (unpaired) electrons. The normalized spacial score (nSPS) is 24.5. The van der Waals surface area contributed by atoms with Crippen LogP contribution in [0, 0.1) is 11.8 Å². The van der Waals surface area contributed by atoms with Crippen LogP contribution in [0.25, 0.3) is 0 Å². The Morgan fingerprint density at radius 3 is 2.76 bits per heavy atom. The molecule has 0 heterocycles. The highest BCUT2D eigenvalue weighted by atomic mass is 32.2. The molecule has 1 saturated carbocycles. The lowest BCUT2D eigenvalue weighted by Crippen LogP contribution is -2.23. The van der Waals surface area contributed by atoms with Gasteiger partial charge in [-0.3, -0.25) is 4.79 Å². The van der Waals surface area contributed by atoms with Crippen LogP contribution in [0.1, 0.15) is 32.6 Å². The third-order valence-corrected chi connectivity index (χ3v) is 4.55. The van der Waals surface area contributed by atoms with Gasteiger partial charge >= 0.3 is 0 Å². The summed E-state index contributed by atoms with van der Waals surface area (Å²) in [5.74, 6) is 2.15. The third kappa shape index (κ3) is 3.88. The van der Waals surface area contributed by atoms with Crippen LogP contribution in [-0.2, 0) is 4.79 Å². The van der Waals surface area contributed by atoms with E-state index in [4.69, 9.17) is 0 Å². The Morgan fingerprint density at radius 1 is 1.29 bits per heavy atom. The molecule has 0 amide bonds. The molecule has 1 aliphatic carbocycles. The van der Waals surface area contributed by atoms with Crippen molar-refractivity contribution in [1.82, 2.24) is 0 Å². The fourth-order valence-electron chi connectivity index (χ4n) is 2.52. The van der Waals surface area contributed by atoms with E-state index < -0.39 is 0 Å². The van der Waals surface area contributed by atoms with Gasteiger partial charge in [-0.05, 0) is 30.9 Å². The maximum absolute atomic E-state index is 12.1. The number of rotatable bonds is 4. The molecular weight excluding hydrogens is 228 g/mol. The van der Waals surface area contributed by atoms with Crippen molar-refractivity contribution >= 4 is 17.5 Å². The molecule has 1 fully saturated rings. The topological polar surface area (TPSA) is 17.1 Å². The van der Waals surface area contributed by atoms with Gasteiger partial charge in [0.2, 0.25) is 0 Å². The predicted molar refractivity (Wildman–Crippen MR) is 73.3 cm³/mol. The average Bonchev–Trinajstić information content (AvgIpc) is 2.37. The summed E-state index contributed by atoms with van der Waals surface area (Å²) >= 11 is 1.67. The zero-order valence-corrected chi connectivity index (χ0v) is 11.2. The Hall–Kier alpha value is -0.760. The molecule has 0 N–H and O–H groups in total. The van der Waals surface area contributed by atoms with Gasteiger partial charge in [-0.15, -0.1) is 11.8 Å². The summed E-state index contributed by atoms with van der Waals surface area (Å²) in [6.45, 7) is 2.27. The Kier molecular flexibility index (Phi) is 4.66. The van der Waals surface area contributed by atoms with E-state index in [-0.39, 0.29) is 0 Å². The molecule has 0 aromatic heterocycles. The van der Waals surface area contributed by atoms with E-state index in [0.29, 0.717) is 17.5 Å². The molecular formula is C15H20OS. The molecule has 92 valence electrons. The fraction of sp³-hybridized carbons (Fsp3) is 0.533. The fourth-order valence-corrected chi connectivity index (χ4v) is 3.41. The first-order valence-corrected chi connectivity index (χ1v) is 7.45. The minimum Gasteiger partial charge on any atom is -0.298 e. The van der Waals surface area contributed by atoms with Crippen molar-refractivity contribution in [2.45, 2.75) is 37.5 Å². The highest BCUT2D eigenvalue weighted by Crippen LogP contribution is 2.30. The maximum atomic E-state index is 12.1. The lowest BCUT2D eigenvalue weighted by molar-refractivity contribution is -0.121. The molecule has 2 rings (SSSR count). The molecule has 0 aliphatic heterocycles. The number of carbonyl (C=O) groups is 1. The third-order valence-electron chi connectivity index (χ3n) is 3.52. The number of hydrogen-bond acceptors (Lipinski definition) is 2. The molecule has 1 aromatic rings. The summed E-state index contributed by atoms with van der Waals surface area (Å²) < 4.78 is 0. The van der Waals surface area contributed by atoms with Gasteiger partial charge in [0.15, 0.2) is 0 Å². The molecule has 2 atom stereocenters. The Labute approximate surface area is 108 Å². The lowest BCUT2D eigenvalue weighted by Gasteiger charge is -2.25. The van der Waals surface area contributed by atoms with E-state index in [1.54, 1.807) is 11.8 Å². The van der Waals surface area contributed by atoms with Gasteiger partial charge in [0.1, 0.15) is 5.78 Å². The Balaban J connectivity index is 1.81. The minimum atomic E-state index is 0.329. The molecule has 0 spiro atoms. The van der Waals surface area contributed by atoms with Crippen LogP contribution in [0.2, 0.25) is 0 Å². The van der Waals surface area contributed by atoms with Crippen molar-refractivity contribution in [3.63, 3.8) is 0 Å². The van der Waals surface area contributed by atoms with Gasteiger partial charge in [-0.2, -0.15) is 0 Å². The zero-order valence-electron chi connectivity index (χ0n) is 10.4. The Morgan fingerprint density at radius 2 is 2.06 bits per heavy atom. The number of Topliss-reactive ketones (excluding diaryl/α,β-unsaturated/α-hetero) is 1. The van der Waals surface area contributed by atoms with Crippen molar-refractivity contribution < 1.29 is 4.79 Å². The predicted octanol–water partition coefficient (Wildman–Crippen LogP) is 4.17. The lowest BCUT2D eigenvalue weighted by atomic mass is 9.81. The summed E-state index contributed by atoms with van der Waals surface area (Å²) in [6, 6.07) is 10.2. The standard InChI is InChI=1S/C15H20OS/c1-12-6-5-7-13(10-12)15(16)11-17-14-8-3-2-4-9-14/h2-4,8-9,12-13H,5-7,10-11H2,1H3. The van der Waals surface area contributed by atoms with Crippen LogP contribution in [0.15, 0.2) is 35.2 Å². The molecule has 1 aliphatic rings. The summed E-state index contributed by atoms with van der Waals surface area (Å²) in [7, 11) is 0. The SMILES string of the molecule is CC1CCCC(C(=O)CSc2ccccc2)C1. The smallest absolute Gasteiger partial charge is 0.146 e. The second-order valence-electron chi connectivity index (χ2n) is 5.04. The number of ketones is 1. The zero-order chi connectivity index (χ0) is 12.1. The van der Waals surface area contributed by atoms with E-state index >= 15 is 0 Å². The van der Waals surface area contributed by atoms with Crippen LogP contribution in [-0.4, -0.2) is 11.5 Å². The molecule has 17 heavy (non-hydrogen) atoms. The molecule has 0 saturated heterocycles. The van der Waals surface area contributed by atoms with Gasteiger partial charge in [-0.1, -0.05) is 38.0 Å². The monoisotopic (exact) mass is 248 g/mol. The quantitative estimate of drug-likeness (QED) is 0.744. The van der Waals surface area contributed by atoms with Gasteiger partial charge in [0.05, 0.1) is 5.75 Å². The van der Waals surface area contributed by atoms with Crippen molar-refractivity contribution in [3.05, 3.63) is 30.3 Å². The van der Waals surface area contributed by atoms with E-state index in [0.717, 1.165) is 18.8 Å². The number of hydrogen-bond donors (Lipinski definition) is 0. The van der Waals surface area contributed by atoms with E-state index in [2.05, 4.69) is 19.1 Å². The summed E-state index contributed by atoms with van der Waals surface area (Å²) in [6.07, 6.45) is 4.75. The van der Waals surface area contributed by atoms with Crippen LogP contribution < -0.4 is 0 Å². The Bertz CT molecular complexity index is 360. The first-order chi connectivity index (χ1) is 8.25. The van der Waals surface area contributed by atoms with Crippen LogP contribution in [0.3, 0.4) is 0 Å². The van der Waals surface area contributed by atoms with Crippen molar-refractivity contribution in [2.24, 2.45) is 11.8 Å². The molecule has 2 heteroatoms. The highest BCUT2D eigenvalue weighted by Gasteiger charge is 2.24. The second kappa shape index (κ2) is 6.25. The molecule has 1 nitrogen and oxygen atoms in total. The summed E-state index contributed by atoms with van der Waals surface area (Å²) in [4.78, 5) is 13.3. The number of thioether (sulfide) groups is 1. The number of carbonyl (C=O) groups excluding carboxylic acids is 1. The van der Waals surface area contributed by atoms with Crippen LogP contribution in [0.4, 0.5) is 0 Å². The minimum absolute atomic E-state index is 0.329. The van der Waals surface area contributed by atoms with Crippen molar-refractivity contribution in [2.75, 3.05) is 5.75 Å². The van der Waals surface area contributed by atoms with E-state index in [1.165, 1.54) is 17.7 Å². The van der Waals surface area contributed by atoms with Crippen LogP contribution >= 0.6 is 11.8 Å². The summed E-state index contributed by atoms with van der Waals surface area (Å²) in [5, 5.41) is 0. The first kappa shape index (κ1) is 12.7. The van der Waals surface area contributed by atoms with E-state index in [1.807, 2.05) is 18.2 Å². The molecule has 2 unspecified atom stereocenters. The highest BCUT2D eigenvalue weighted by molar-refractivity contribution is 8.00. The van der Waals surface area contributed by atoms with Gasteiger partial charge < -0.3 is 0 Å². The van der Waals surface area contributed by atoms with Gasteiger partial charge in [-0.25, -0.2) is 0 Å². The largest absolute Gasteiger partial charge is 0.298 e. The van der Waals surface area contributed by atoms with Crippen molar-refractivity contribution in [3.8, 4) is 0 Å². The summed E-state index contributed by atoms with van der Waals surface area (Å²) in [5.41, 5.74) is 0. The van der Waals surface area contributed by atoms with Gasteiger partial charge in [0.25, 0.3) is 0 Å². The van der Waals surface area contributed by atoms with E-state index in [9.17, 15) is 4.79 Å². The molecule has 0 bridgehead atoms. The van der Waals surface area contributed by atoms with Crippen molar-refractivity contribution in [1.29, 1.82) is 0 Å². The maximum Gasteiger partial charge on any atom is 0.146 e. The molecule has 1 aromatic carbocycles. The number of benzene rings is 1. The van der Waals surface area contributed by atoms with Crippen LogP contribution in [0.5, 0.6) is 0 Å². The average molecular weight is 248 g/mol. The first-order valence-electron chi connectivity index (χ1n) is 6.46. The second-order valence-corrected chi connectivity index (χ2v) is 6.09.